The Balaban J connectivity index is 2.06. The molecule has 0 aliphatic carbocycles. The molecule has 4 nitrogen and oxygen atoms in total. The van der Waals surface area contributed by atoms with Crippen molar-refractivity contribution in [1.29, 1.82) is 0 Å². The van der Waals surface area contributed by atoms with Gasteiger partial charge in [0.2, 0.25) is 5.88 Å². The van der Waals surface area contributed by atoms with Crippen LogP contribution in [0.25, 0.3) is 0 Å². The van der Waals surface area contributed by atoms with Gasteiger partial charge >= 0.3 is 0 Å². The third-order valence-electron chi connectivity index (χ3n) is 2.75. The number of halogens is 2. The van der Waals surface area contributed by atoms with Gasteiger partial charge < -0.3 is 9.47 Å². The van der Waals surface area contributed by atoms with E-state index in [0.29, 0.717) is 40.0 Å². The van der Waals surface area contributed by atoms with Gasteiger partial charge in [-0.1, -0.05) is 41.0 Å². The van der Waals surface area contributed by atoms with E-state index < -0.39 is 0 Å². The van der Waals surface area contributed by atoms with Crippen LogP contribution in [0.5, 0.6) is 5.88 Å². The maximum absolute atomic E-state index is 6.17. The van der Waals surface area contributed by atoms with Gasteiger partial charge in [-0.15, -0.1) is 0 Å². The van der Waals surface area contributed by atoms with Crippen molar-refractivity contribution >= 4 is 35.0 Å². The molecule has 0 unspecified atom stereocenters. The van der Waals surface area contributed by atoms with E-state index in [-0.39, 0.29) is 0 Å². The number of methoxy groups -OCH3 is 1. The molecule has 0 saturated carbocycles. The van der Waals surface area contributed by atoms with E-state index in [4.69, 9.17) is 32.7 Å². The van der Waals surface area contributed by atoms with Gasteiger partial charge in [0.15, 0.2) is 5.16 Å². The molecule has 1 heterocycles. The molecule has 2 aromatic rings. The molecule has 22 heavy (non-hydrogen) atoms. The smallest absolute Gasteiger partial charge is 0.217 e. The Bertz CT molecular complexity index is 621. The van der Waals surface area contributed by atoms with Crippen molar-refractivity contribution in [2.45, 2.75) is 17.8 Å². The number of nitrogens with zero attached hydrogens (tertiary/aromatic N) is 2. The Hall–Kier alpha value is -1.01. The van der Waals surface area contributed by atoms with Gasteiger partial charge in [0.1, 0.15) is 6.61 Å². The summed E-state index contributed by atoms with van der Waals surface area (Å²) in [7, 11) is 1.63. The number of aryl methyl sites for hydroxylation is 1. The van der Waals surface area contributed by atoms with Crippen LogP contribution in [0.2, 0.25) is 10.0 Å². The van der Waals surface area contributed by atoms with Gasteiger partial charge in [-0.25, -0.2) is 4.98 Å². The first-order valence-electron chi connectivity index (χ1n) is 6.63. The van der Waals surface area contributed by atoms with Crippen molar-refractivity contribution in [3.05, 3.63) is 45.6 Å². The minimum absolute atomic E-state index is 0.452. The lowest BCUT2D eigenvalue weighted by Crippen LogP contribution is -2.06. The number of hydrogen-bond donors (Lipinski definition) is 0. The van der Waals surface area contributed by atoms with Gasteiger partial charge in [0.25, 0.3) is 0 Å². The highest BCUT2D eigenvalue weighted by Crippen LogP contribution is 2.30. The average Bonchev–Trinajstić information content (AvgIpc) is 2.46. The number of hydrogen-bond acceptors (Lipinski definition) is 5. The first kappa shape index (κ1) is 17.3. The zero-order chi connectivity index (χ0) is 15.9. The minimum Gasteiger partial charge on any atom is -0.475 e. The summed E-state index contributed by atoms with van der Waals surface area (Å²) >= 11 is 13.8. The number of rotatable bonds is 7. The van der Waals surface area contributed by atoms with Gasteiger partial charge in [0.05, 0.1) is 6.61 Å². The monoisotopic (exact) mass is 358 g/mol. The normalized spacial score (nSPS) is 10.7. The van der Waals surface area contributed by atoms with Crippen LogP contribution in [0.4, 0.5) is 0 Å². The molecule has 0 N–H and O–H groups in total. The second kappa shape index (κ2) is 8.58. The maximum Gasteiger partial charge on any atom is 0.217 e. The van der Waals surface area contributed by atoms with E-state index in [1.54, 1.807) is 13.2 Å². The molecular weight excluding hydrogens is 343 g/mol. The number of aromatic nitrogens is 2. The van der Waals surface area contributed by atoms with Gasteiger partial charge in [-0.3, -0.25) is 0 Å². The molecule has 0 aliphatic rings. The van der Waals surface area contributed by atoms with E-state index in [9.17, 15) is 0 Å². The third-order valence-corrected chi connectivity index (χ3v) is 4.34. The van der Waals surface area contributed by atoms with Gasteiger partial charge in [-0.05, 0) is 24.6 Å². The molecule has 1 aromatic carbocycles. The molecule has 2 rings (SSSR count). The van der Waals surface area contributed by atoms with E-state index in [0.717, 1.165) is 11.3 Å². The van der Waals surface area contributed by atoms with Crippen molar-refractivity contribution in [2.75, 3.05) is 20.3 Å². The Morgan fingerprint density at radius 3 is 2.55 bits per heavy atom. The molecule has 0 bridgehead atoms. The van der Waals surface area contributed by atoms with Crippen molar-refractivity contribution in [3.63, 3.8) is 0 Å². The predicted molar refractivity (Wildman–Crippen MR) is 90.2 cm³/mol. The van der Waals surface area contributed by atoms with Crippen LogP contribution in [0.1, 0.15) is 11.3 Å². The summed E-state index contributed by atoms with van der Waals surface area (Å²) in [5, 5.41) is 1.91. The van der Waals surface area contributed by atoms with E-state index in [2.05, 4.69) is 9.97 Å². The SMILES string of the molecule is COCCOc1cc(C)nc(SCc2c(Cl)cccc2Cl)n1. The van der Waals surface area contributed by atoms with E-state index in [1.165, 1.54) is 11.8 Å². The predicted octanol–water partition coefficient (Wildman–Crippen LogP) is 4.41. The zero-order valence-corrected chi connectivity index (χ0v) is 14.6. The summed E-state index contributed by atoms with van der Waals surface area (Å²) in [6.07, 6.45) is 0. The topological polar surface area (TPSA) is 44.2 Å². The Morgan fingerprint density at radius 1 is 1.14 bits per heavy atom. The summed E-state index contributed by atoms with van der Waals surface area (Å²) in [4.78, 5) is 8.76. The molecule has 7 heteroatoms. The van der Waals surface area contributed by atoms with Crippen LogP contribution >= 0.6 is 35.0 Å². The Labute approximate surface area is 144 Å². The summed E-state index contributed by atoms with van der Waals surface area (Å²) < 4.78 is 10.5. The molecule has 0 saturated heterocycles. The Morgan fingerprint density at radius 2 is 1.86 bits per heavy atom. The van der Waals surface area contributed by atoms with Gasteiger partial charge in [-0.2, -0.15) is 4.98 Å². The third kappa shape index (κ3) is 5.02. The van der Waals surface area contributed by atoms with E-state index >= 15 is 0 Å². The molecule has 1 aromatic heterocycles. The molecule has 0 aliphatic heterocycles. The molecule has 0 fully saturated rings. The number of ether oxygens (including phenoxy) is 2. The van der Waals surface area contributed by atoms with Crippen LogP contribution < -0.4 is 4.74 Å². The second-order valence-corrected chi connectivity index (χ2v) is 6.22. The van der Waals surface area contributed by atoms with Crippen LogP contribution in [0, 0.1) is 6.92 Å². The van der Waals surface area contributed by atoms with Crippen LogP contribution in [0.15, 0.2) is 29.4 Å². The zero-order valence-electron chi connectivity index (χ0n) is 12.3. The molecular formula is C15H16Cl2N2O2S. The lowest BCUT2D eigenvalue weighted by molar-refractivity contribution is 0.143. The quantitative estimate of drug-likeness (QED) is 0.416. The van der Waals surface area contributed by atoms with Crippen molar-refractivity contribution < 1.29 is 9.47 Å². The van der Waals surface area contributed by atoms with Crippen molar-refractivity contribution in [2.24, 2.45) is 0 Å². The fourth-order valence-corrected chi connectivity index (χ4v) is 3.33. The first-order valence-corrected chi connectivity index (χ1v) is 8.37. The van der Waals surface area contributed by atoms with Crippen LogP contribution in [0.3, 0.4) is 0 Å². The highest BCUT2D eigenvalue weighted by molar-refractivity contribution is 7.98. The van der Waals surface area contributed by atoms with Crippen molar-refractivity contribution in [1.82, 2.24) is 9.97 Å². The average molecular weight is 359 g/mol. The lowest BCUT2D eigenvalue weighted by atomic mass is 10.2. The maximum atomic E-state index is 6.17. The molecule has 0 amide bonds. The molecule has 0 atom stereocenters. The highest BCUT2D eigenvalue weighted by Gasteiger charge is 2.09. The fraction of sp³-hybridized carbons (Fsp3) is 0.333. The molecule has 0 radical (unpaired) electrons. The highest BCUT2D eigenvalue weighted by atomic mass is 35.5. The van der Waals surface area contributed by atoms with Crippen LogP contribution in [-0.4, -0.2) is 30.3 Å². The van der Waals surface area contributed by atoms with Crippen LogP contribution in [-0.2, 0) is 10.5 Å². The van der Waals surface area contributed by atoms with E-state index in [1.807, 2.05) is 25.1 Å². The van der Waals surface area contributed by atoms with Gasteiger partial charge in [0, 0.05) is 34.7 Å². The summed E-state index contributed by atoms with van der Waals surface area (Å²) in [5.74, 6) is 1.14. The minimum atomic E-state index is 0.452. The lowest BCUT2D eigenvalue weighted by Gasteiger charge is -2.09. The largest absolute Gasteiger partial charge is 0.475 e. The standard InChI is InChI=1S/C15H16Cl2N2O2S/c1-10-8-14(21-7-6-20-2)19-15(18-10)22-9-11-12(16)4-3-5-13(11)17/h3-5,8H,6-7,9H2,1-2H3. The summed E-state index contributed by atoms with van der Waals surface area (Å²) in [6.45, 7) is 2.87. The second-order valence-electron chi connectivity index (χ2n) is 4.46. The van der Waals surface area contributed by atoms with Crippen molar-refractivity contribution in [3.8, 4) is 5.88 Å². The molecule has 118 valence electrons. The molecule has 0 spiro atoms. The summed E-state index contributed by atoms with van der Waals surface area (Å²) in [6, 6.07) is 7.26. The first-order chi connectivity index (χ1) is 10.6. The summed E-state index contributed by atoms with van der Waals surface area (Å²) in [5.41, 5.74) is 1.72. The fourth-order valence-electron chi connectivity index (χ4n) is 1.69. The number of benzene rings is 1. The number of thioether (sulfide) groups is 1. The Kier molecular flexibility index (Phi) is 6.76.